The Kier molecular flexibility index (Phi) is 12.9. The van der Waals surface area contributed by atoms with Gasteiger partial charge in [0.25, 0.3) is 0 Å². The van der Waals surface area contributed by atoms with E-state index in [-0.39, 0.29) is 5.41 Å². The third kappa shape index (κ3) is 8.46. The van der Waals surface area contributed by atoms with Crippen molar-refractivity contribution in [2.24, 2.45) is 0 Å². The molecule has 0 saturated carbocycles. The smallest absolute Gasteiger partial charge is 0.143 e. The fourth-order valence-electron chi connectivity index (χ4n) is 10.6. The Morgan fingerprint density at radius 1 is 0.549 bits per heavy atom. The van der Waals surface area contributed by atoms with Crippen molar-refractivity contribution in [2.75, 3.05) is 4.90 Å². The third-order valence-electron chi connectivity index (χ3n) is 14.1. The largest absolute Gasteiger partial charge is 0.456 e. The molecule has 10 aromatic rings. The highest BCUT2D eigenvalue weighted by molar-refractivity contribution is 6.09. The Morgan fingerprint density at radius 2 is 1.20 bits per heavy atom. The van der Waals surface area contributed by atoms with Gasteiger partial charge >= 0.3 is 0 Å². The van der Waals surface area contributed by atoms with Crippen molar-refractivity contribution < 1.29 is 8.83 Å². The summed E-state index contributed by atoms with van der Waals surface area (Å²) >= 11 is 0. The van der Waals surface area contributed by atoms with Crippen LogP contribution in [0.4, 0.5) is 17.1 Å². The molecule has 0 N–H and O–H groups in total. The van der Waals surface area contributed by atoms with E-state index >= 15 is 0 Å². The number of anilines is 3. The van der Waals surface area contributed by atoms with Gasteiger partial charge in [-0.15, -0.1) is 0 Å². The van der Waals surface area contributed by atoms with E-state index in [9.17, 15) is 0 Å². The molecule has 0 spiro atoms. The minimum atomic E-state index is -0.123. The molecule has 0 aliphatic heterocycles. The summed E-state index contributed by atoms with van der Waals surface area (Å²) in [6.07, 6.45) is 11.4. The van der Waals surface area contributed by atoms with E-state index in [2.05, 4.69) is 228 Å². The van der Waals surface area contributed by atoms with Gasteiger partial charge in [-0.3, -0.25) is 0 Å². The van der Waals surface area contributed by atoms with E-state index in [0.29, 0.717) is 0 Å². The Labute approximate surface area is 419 Å². The summed E-state index contributed by atoms with van der Waals surface area (Å²) in [6, 6.07) is 66.3. The fourth-order valence-corrected chi connectivity index (χ4v) is 10.6. The zero-order valence-electron chi connectivity index (χ0n) is 42.2. The van der Waals surface area contributed by atoms with Crippen LogP contribution >= 0.6 is 0 Å². The van der Waals surface area contributed by atoms with Crippen molar-refractivity contribution in [3.05, 3.63) is 239 Å². The van der Waals surface area contributed by atoms with Gasteiger partial charge in [0.05, 0.1) is 0 Å². The van der Waals surface area contributed by atoms with Gasteiger partial charge in [-0.05, 0) is 143 Å². The van der Waals surface area contributed by atoms with Crippen LogP contribution in [0, 0.1) is 6.92 Å². The molecule has 0 radical (unpaired) electrons. The Bertz CT molecular complexity index is 3760. The van der Waals surface area contributed by atoms with Crippen LogP contribution in [0.2, 0.25) is 0 Å². The predicted octanol–water partition coefficient (Wildman–Crippen LogP) is 18.3. The summed E-state index contributed by atoms with van der Waals surface area (Å²) in [7, 11) is 0. The zero-order valence-corrected chi connectivity index (χ0v) is 42.2. The first kappa shape index (κ1) is 46.6. The third-order valence-corrected chi connectivity index (χ3v) is 14.1. The maximum Gasteiger partial charge on any atom is 0.143 e. The van der Waals surface area contributed by atoms with Crippen LogP contribution in [0.3, 0.4) is 0 Å². The molecule has 1 aliphatic rings. The number of para-hydroxylation sites is 2. The van der Waals surface area contributed by atoms with E-state index < -0.39 is 0 Å². The molecule has 2 aromatic heterocycles. The van der Waals surface area contributed by atoms with Crippen LogP contribution in [-0.4, -0.2) is 0 Å². The van der Waals surface area contributed by atoms with Crippen LogP contribution < -0.4 is 15.5 Å². The van der Waals surface area contributed by atoms with Crippen molar-refractivity contribution in [1.29, 1.82) is 0 Å². The van der Waals surface area contributed by atoms with Crippen molar-refractivity contribution in [2.45, 2.75) is 67.2 Å². The number of hydrogen-bond acceptors (Lipinski definition) is 3. The van der Waals surface area contributed by atoms with E-state index in [1.807, 2.05) is 45.1 Å². The van der Waals surface area contributed by atoms with Crippen molar-refractivity contribution in [3.8, 4) is 44.5 Å². The number of nitrogens with zero attached hydrogens (tertiary/aromatic N) is 1. The van der Waals surface area contributed by atoms with Gasteiger partial charge in [0, 0.05) is 55.2 Å². The molecule has 0 amide bonds. The van der Waals surface area contributed by atoms with Crippen molar-refractivity contribution in [3.63, 3.8) is 0 Å². The van der Waals surface area contributed by atoms with Crippen molar-refractivity contribution in [1.82, 2.24) is 0 Å². The predicted molar refractivity (Wildman–Crippen MR) is 303 cm³/mol. The molecular formula is C68H61NO2. The number of furan rings is 2. The topological polar surface area (TPSA) is 29.5 Å². The standard InChI is InChI=1S/C66H55NO2.C2H6/c1-7-10-29-62-53(9-3)43(4)64(68-62)54(19-8-2)45-31-35-50(36-32-45)67(52-25-17-23-49(40-52)55-27-18-28-58-57-26-14-15-30-63(57)69-65(55)58)51-24-16-22-46(39-51)47-34-38-60-59(41-47)56-37-33-48(42-61(56)66(60,5)6)44-20-12-11-13-21-44;1-2/h7,9-42H,8H2,1-6H3;1-2H3/b10-7-,53-9-,54-19-,62-29+;. The highest BCUT2D eigenvalue weighted by Crippen LogP contribution is 2.51. The molecule has 350 valence electrons. The lowest BCUT2D eigenvalue weighted by Gasteiger charge is -2.27. The fraction of sp³-hybridized carbons (Fsp3) is 0.147. The van der Waals surface area contributed by atoms with Gasteiger partial charge in [-0.25, -0.2) is 0 Å². The lowest BCUT2D eigenvalue weighted by Crippen LogP contribution is -2.20. The number of fused-ring (bicyclic) bond motifs is 6. The number of hydrogen-bond donors (Lipinski definition) is 0. The summed E-state index contributed by atoms with van der Waals surface area (Å²) in [5.74, 6) is 0.905. The average molecular weight is 924 g/mol. The van der Waals surface area contributed by atoms with Gasteiger partial charge < -0.3 is 13.7 Å². The summed E-state index contributed by atoms with van der Waals surface area (Å²) in [4.78, 5) is 2.38. The Hall–Kier alpha value is -8.14. The first-order valence-electron chi connectivity index (χ1n) is 25.2. The van der Waals surface area contributed by atoms with Gasteiger partial charge in [0.1, 0.15) is 22.3 Å². The molecule has 2 heterocycles. The molecule has 0 fully saturated rings. The van der Waals surface area contributed by atoms with Crippen LogP contribution in [0.1, 0.15) is 82.9 Å². The molecular weight excluding hydrogens is 863 g/mol. The Morgan fingerprint density at radius 3 is 1.94 bits per heavy atom. The number of allylic oxidation sites excluding steroid dienone is 3. The summed E-state index contributed by atoms with van der Waals surface area (Å²) < 4.78 is 13.2. The SMILES string of the molecule is CC.C\C=C/C=c1/oc(/C(=C\CC)c2ccc(N(c3cccc(-c4ccc5c(c4)-c4ccc(-c6ccccc6)cc4C5(C)C)c3)c3cccc(-c4cccc5c4oc4ccccc45)c3)cc2)c(C)/c1=C/C. The van der Waals surface area contributed by atoms with Crippen LogP contribution in [0.5, 0.6) is 0 Å². The molecule has 0 atom stereocenters. The van der Waals surface area contributed by atoms with Gasteiger partial charge in [0.2, 0.25) is 0 Å². The normalized spacial score (nSPS) is 13.4. The van der Waals surface area contributed by atoms with Crippen LogP contribution in [-0.2, 0) is 5.41 Å². The maximum absolute atomic E-state index is 6.64. The lowest BCUT2D eigenvalue weighted by molar-refractivity contribution is 0.517. The monoisotopic (exact) mass is 923 g/mol. The minimum absolute atomic E-state index is 0.123. The quantitative estimate of drug-likeness (QED) is 0.137. The van der Waals surface area contributed by atoms with E-state index in [4.69, 9.17) is 8.83 Å². The highest BCUT2D eigenvalue weighted by atomic mass is 16.3. The molecule has 71 heavy (non-hydrogen) atoms. The molecule has 1 aliphatic carbocycles. The Balaban J connectivity index is 0.00000287. The summed E-state index contributed by atoms with van der Waals surface area (Å²) in [5, 5.41) is 3.36. The lowest BCUT2D eigenvalue weighted by atomic mass is 9.81. The van der Waals surface area contributed by atoms with Crippen LogP contribution in [0.15, 0.2) is 209 Å². The first-order valence-corrected chi connectivity index (χ1v) is 25.2. The molecule has 0 bridgehead atoms. The molecule has 3 nitrogen and oxygen atoms in total. The molecule has 0 saturated heterocycles. The zero-order chi connectivity index (χ0) is 49.2. The average Bonchev–Trinajstić information content (AvgIpc) is 4.03. The van der Waals surface area contributed by atoms with Gasteiger partial charge in [0.15, 0.2) is 0 Å². The number of rotatable bonds is 10. The number of benzene rings is 8. The van der Waals surface area contributed by atoms with E-state index in [1.54, 1.807) is 0 Å². The second-order valence-corrected chi connectivity index (χ2v) is 18.6. The van der Waals surface area contributed by atoms with E-state index in [1.165, 1.54) is 38.9 Å². The minimum Gasteiger partial charge on any atom is -0.456 e. The van der Waals surface area contributed by atoms with Crippen LogP contribution in [0.25, 0.3) is 84.2 Å². The molecule has 8 aromatic carbocycles. The van der Waals surface area contributed by atoms with Gasteiger partial charge in [-0.2, -0.15) is 0 Å². The van der Waals surface area contributed by atoms with Crippen molar-refractivity contribution >= 4 is 56.7 Å². The van der Waals surface area contributed by atoms with E-state index in [0.717, 1.165) is 95.2 Å². The molecule has 11 rings (SSSR count). The maximum atomic E-state index is 6.64. The van der Waals surface area contributed by atoms with Gasteiger partial charge in [-0.1, -0.05) is 186 Å². The summed E-state index contributed by atoms with van der Waals surface area (Å²) in [5.41, 5.74) is 21.3. The summed E-state index contributed by atoms with van der Waals surface area (Å²) in [6.45, 7) is 17.2. The highest BCUT2D eigenvalue weighted by Gasteiger charge is 2.36. The molecule has 3 heteroatoms. The first-order chi connectivity index (χ1) is 34.7. The second-order valence-electron chi connectivity index (χ2n) is 18.6. The molecule has 0 unspecified atom stereocenters. The second kappa shape index (κ2) is 19.7.